The molecule has 2 aliphatic heterocycles. The fraction of sp³-hybridized carbons (Fsp3) is 0.444. The Morgan fingerprint density at radius 2 is 2.12 bits per heavy atom. The normalized spacial score (nSPS) is 25.3. The Labute approximate surface area is 155 Å². The van der Waals surface area contributed by atoms with E-state index < -0.39 is 24.0 Å². The molecule has 26 heavy (non-hydrogen) atoms. The maximum absolute atomic E-state index is 12.5. The predicted molar refractivity (Wildman–Crippen MR) is 96.1 cm³/mol. The van der Waals surface area contributed by atoms with Gasteiger partial charge < -0.3 is 15.0 Å². The van der Waals surface area contributed by atoms with Crippen molar-refractivity contribution in [1.29, 1.82) is 5.26 Å². The molecule has 3 atom stereocenters. The number of thioether (sulfide) groups is 1. The maximum atomic E-state index is 12.5. The summed E-state index contributed by atoms with van der Waals surface area (Å²) in [6, 6.07) is 7.73. The second-order valence-electron chi connectivity index (χ2n) is 6.52. The van der Waals surface area contributed by atoms with E-state index >= 15 is 0 Å². The summed E-state index contributed by atoms with van der Waals surface area (Å²) >= 11 is 1.57. The molecule has 7 nitrogen and oxygen atoms in total. The van der Waals surface area contributed by atoms with Crippen LogP contribution < -0.4 is 5.32 Å². The Hall–Kier alpha value is -2.53. The van der Waals surface area contributed by atoms with Gasteiger partial charge in [-0.05, 0) is 44.5 Å². The van der Waals surface area contributed by atoms with E-state index in [9.17, 15) is 14.4 Å². The van der Waals surface area contributed by atoms with Gasteiger partial charge in [-0.3, -0.25) is 9.59 Å². The van der Waals surface area contributed by atoms with Crippen LogP contribution >= 0.6 is 11.8 Å². The van der Waals surface area contributed by atoms with Gasteiger partial charge in [-0.1, -0.05) is 0 Å². The Kier molecular flexibility index (Phi) is 4.92. The molecule has 0 aliphatic carbocycles. The zero-order valence-electron chi connectivity index (χ0n) is 14.5. The molecule has 0 radical (unpaired) electrons. The number of nitrogens with zero attached hydrogens (tertiary/aromatic N) is 2. The first-order valence-electron chi connectivity index (χ1n) is 8.32. The minimum atomic E-state index is -0.993. The van der Waals surface area contributed by atoms with E-state index in [1.165, 1.54) is 6.92 Å². The van der Waals surface area contributed by atoms with Gasteiger partial charge in [0.1, 0.15) is 6.04 Å². The maximum Gasteiger partial charge on any atom is 0.330 e. The smallest absolute Gasteiger partial charge is 0.330 e. The number of anilines is 1. The number of esters is 1. The molecular formula is C18H19N3O4S. The SMILES string of the molecule is C[C@@H](OC(=O)[C@@H]1CS[C@@]2(C)CCC(=O)N12)C(=O)Nc1ccc(C#N)cc1. The highest BCUT2D eigenvalue weighted by molar-refractivity contribution is 8.01. The number of hydrogen-bond acceptors (Lipinski definition) is 6. The third kappa shape index (κ3) is 3.40. The fourth-order valence-corrected chi connectivity index (χ4v) is 4.59. The molecular weight excluding hydrogens is 354 g/mol. The lowest BCUT2D eigenvalue weighted by Gasteiger charge is -2.29. The van der Waals surface area contributed by atoms with Crippen molar-refractivity contribution in [2.24, 2.45) is 0 Å². The molecule has 0 unspecified atom stereocenters. The summed E-state index contributed by atoms with van der Waals surface area (Å²) in [5.74, 6) is -0.595. The second kappa shape index (κ2) is 7.00. The number of hydrogen-bond donors (Lipinski definition) is 1. The van der Waals surface area contributed by atoms with Crippen molar-refractivity contribution in [2.45, 2.75) is 43.7 Å². The molecule has 2 heterocycles. The van der Waals surface area contributed by atoms with Gasteiger partial charge >= 0.3 is 5.97 Å². The first kappa shape index (κ1) is 18.3. The molecule has 0 spiro atoms. The number of nitrogens with one attached hydrogen (secondary N) is 1. The third-order valence-corrected chi connectivity index (χ3v) is 6.17. The predicted octanol–water partition coefficient (Wildman–Crippen LogP) is 1.88. The van der Waals surface area contributed by atoms with Crippen LogP contribution in [0.3, 0.4) is 0 Å². The van der Waals surface area contributed by atoms with E-state index in [1.807, 2.05) is 13.0 Å². The summed E-state index contributed by atoms with van der Waals surface area (Å²) in [6.07, 6.45) is 0.157. The zero-order chi connectivity index (χ0) is 18.9. The Morgan fingerprint density at radius 3 is 2.77 bits per heavy atom. The van der Waals surface area contributed by atoms with Crippen molar-refractivity contribution in [3.05, 3.63) is 29.8 Å². The Morgan fingerprint density at radius 1 is 1.42 bits per heavy atom. The molecule has 136 valence electrons. The first-order chi connectivity index (χ1) is 12.3. The number of carbonyl (C=O) groups excluding carboxylic acids is 3. The zero-order valence-corrected chi connectivity index (χ0v) is 15.3. The lowest BCUT2D eigenvalue weighted by molar-refractivity contribution is -0.160. The van der Waals surface area contributed by atoms with Crippen LogP contribution in [0.2, 0.25) is 0 Å². The van der Waals surface area contributed by atoms with E-state index in [-0.39, 0.29) is 10.8 Å². The minimum absolute atomic E-state index is 0.0471. The van der Waals surface area contributed by atoms with Crippen LogP contribution in [-0.2, 0) is 19.1 Å². The van der Waals surface area contributed by atoms with Gasteiger partial charge in [0.15, 0.2) is 6.10 Å². The van der Waals surface area contributed by atoms with Gasteiger partial charge in [0, 0.05) is 17.9 Å². The number of carbonyl (C=O) groups is 3. The molecule has 1 aromatic rings. The van der Waals surface area contributed by atoms with Gasteiger partial charge in [-0.2, -0.15) is 5.26 Å². The van der Waals surface area contributed by atoms with Crippen LogP contribution in [-0.4, -0.2) is 45.5 Å². The molecule has 0 aromatic heterocycles. The van der Waals surface area contributed by atoms with Crippen LogP contribution in [0.15, 0.2) is 24.3 Å². The summed E-state index contributed by atoms with van der Waals surface area (Å²) in [4.78, 5) is 38.1. The molecule has 3 rings (SSSR count). The van der Waals surface area contributed by atoms with Gasteiger partial charge in [0.05, 0.1) is 16.5 Å². The molecule has 2 fully saturated rings. The van der Waals surface area contributed by atoms with Crippen molar-refractivity contribution >= 4 is 35.2 Å². The largest absolute Gasteiger partial charge is 0.451 e. The molecule has 0 bridgehead atoms. The fourth-order valence-electron chi connectivity index (χ4n) is 3.17. The number of benzene rings is 1. The van der Waals surface area contributed by atoms with Crippen molar-refractivity contribution in [3.63, 3.8) is 0 Å². The number of rotatable bonds is 4. The Balaban J connectivity index is 1.59. The highest BCUT2D eigenvalue weighted by Crippen LogP contribution is 2.47. The summed E-state index contributed by atoms with van der Waals surface area (Å²) < 4.78 is 5.30. The lowest BCUT2D eigenvalue weighted by atomic mass is 10.2. The number of ether oxygens (including phenoxy) is 1. The highest BCUT2D eigenvalue weighted by Gasteiger charge is 2.53. The molecule has 8 heteroatoms. The van der Waals surface area contributed by atoms with Crippen LogP contribution in [0.4, 0.5) is 5.69 Å². The molecule has 0 saturated carbocycles. The standard InChI is InChI=1S/C18H19N3O4S/c1-11(16(23)20-13-5-3-12(9-19)4-6-13)25-17(24)14-10-26-18(2)8-7-15(22)21(14)18/h3-6,11,14H,7-8,10H2,1-2H3,(H,20,23)/t11-,14+,18+/m1/s1. The molecule has 1 N–H and O–H groups in total. The van der Waals surface area contributed by atoms with E-state index in [1.54, 1.807) is 40.9 Å². The van der Waals surface area contributed by atoms with Crippen molar-refractivity contribution in [3.8, 4) is 6.07 Å². The molecule has 2 amide bonds. The molecule has 1 aromatic carbocycles. The molecule has 2 saturated heterocycles. The van der Waals surface area contributed by atoms with E-state index in [0.717, 1.165) is 6.42 Å². The quantitative estimate of drug-likeness (QED) is 0.809. The second-order valence-corrected chi connectivity index (χ2v) is 8.02. The topological polar surface area (TPSA) is 99.5 Å². The van der Waals surface area contributed by atoms with E-state index in [4.69, 9.17) is 10.00 Å². The average molecular weight is 373 g/mol. The van der Waals surface area contributed by atoms with Crippen molar-refractivity contribution < 1.29 is 19.1 Å². The van der Waals surface area contributed by atoms with Crippen LogP contribution in [0.5, 0.6) is 0 Å². The number of fused-ring (bicyclic) bond motifs is 1. The number of nitriles is 1. The van der Waals surface area contributed by atoms with Crippen LogP contribution in [0, 0.1) is 11.3 Å². The lowest BCUT2D eigenvalue weighted by Crippen LogP contribution is -2.48. The van der Waals surface area contributed by atoms with Gasteiger partial charge in [-0.25, -0.2) is 4.79 Å². The average Bonchev–Trinajstić information content (AvgIpc) is 3.11. The van der Waals surface area contributed by atoms with Gasteiger partial charge in [-0.15, -0.1) is 11.8 Å². The van der Waals surface area contributed by atoms with Crippen LogP contribution in [0.25, 0.3) is 0 Å². The summed E-state index contributed by atoms with van der Waals surface area (Å²) in [5.41, 5.74) is 0.996. The van der Waals surface area contributed by atoms with E-state index in [2.05, 4.69) is 5.32 Å². The Bertz CT molecular complexity index is 789. The number of amides is 2. The van der Waals surface area contributed by atoms with E-state index in [0.29, 0.717) is 23.4 Å². The molecule has 2 aliphatic rings. The van der Waals surface area contributed by atoms with Crippen LogP contribution in [0.1, 0.15) is 32.3 Å². The van der Waals surface area contributed by atoms with Crippen molar-refractivity contribution in [2.75, 3.05) is 11.1 Å². The minimum Gasteiger partial charge on any atom is -0.451 e. The summed E-state index contributed by atoms with van der Waals surface area (Å²) in [5, 5.41) is 11.4. The van der Waals surface area contributed by atoms with Gasteiger partial charge in [0.2, 0.25) is 5.91 Å². The summed E-state index contributed by atoms with van der Waals surface area (Å²) in [7, 11) is 0. The third-order valence-electron chi connectivity index (χ3n) is 4.66. The van der Waals surface area contributed by atoms with Gasteiger partial charge in [0.25, 0.3) is 5.91 Å². The van der Waals surface area contributed by atoms with Crippen molar-refractivity contribution in [1.82, 2.24) is 4.90 Å². The monoisotopic (exact) mass is 373 g/mol. The first-order valence-corrected chi connectivity index (χ1v) is 9.30. The summed E-state index contributed by atoms with van der Waals surface area (Å²) in [6.45, 7) is 3.45. The highest BCUT2D eigenvalue weighted by atomic mass is 32.2.